The molecule has 0 spiro atoms. The van der Waals surface area contributed by atoms with E-state index in [-0.39, 0.29) is 5.91 Å². The summed E-state index contributed by atoms with van der Waals surface area (Å²) in [7, 11) is 4.62. The van der Waals surface area contributed by atoms with E-state index in [4.69, 9.17) is 30.8 Å². The van der Waals surface area contributed by atoms with Gasteiger partial charge in [-0.05, 0) is 36.8 Å². The van der Waals surface area contributed by atoms with Gasteiger partial charge in [-0.15, -0.1) is 0 Å². The molecule has 164 valence electrons. The number of carbonyl (C=O) groups is 1. The third-order valence-corrected chi connectivity index (χ3v) is 6.98. The lowest BCUT2D eigenvalue weighted by Crippen LogP contribution is -2.48. The topological polar surface area (TPSA) is 64.1 Å². The number of nitrogens with zero attached hydrogens (tertiary/aromatic N) is 3. The first kappa shape index (κ1) is 21.5. The molecule has 1 fully saturated rings. The molecular formula is C22H24ClN3O4S. The van der Waals surface area contributed by atoms with Gasteiger partial charge in [-0.1, -0.05) is 22.9 Å². The van der Waals surface area contributed by atoms with Crippen LogP contribution in [0.15, 0.2) is 24.3 Å². The Bertz CT molecular complexity index is 1100. The van der Waals surface area contributed by atoms with E-state index in [1.165, 1.54) is 14.2 Å². The van der Waals surface area contributed by atoms with Crippen LogP contribution in [0.1, 0.15) is 15.9 Å². The van der Waals surface area contributed by atoms with Crippen LogP contribution in [-0.4, -0.2) is 63.3 Å². The van der Waals surface area contributed by atoms with Crippen molar-refractivity contribution in [3.63, 3.8) is 0 Å². The minimum Gasteiger partial charge on any atom is -0.493 e. The van der Waals surface area contributed by atoms with Crippen molar-refractivity contribution in [1.82, 2.24) is 9.88 Å². The smallest absolute Gasteiger partial charge is 0.254 e. The van der Waals surface area contributed by atoms with Crippen LogP contribution < -0.4 is 19.1 Å². The normalized spacial score (nSPS) is 14.1. The molecule has 9 heteroatoms. The third kappa shape index (κ3) is 3.97. The molecule has 0 radical (unpaired) electrons. The number of piperazine rings is 1. The lowest BCUT2D eigenvalue weighted by molar-refractivity contribution is 0.0746. The second kappa shape index (κ2) is 8.80. The first-order valence-electron chi connectivity index (χ1n) is 9.86. The quantitative estimate of drug-likeness (QED) is 0.566. The Kier molecular flexibility index (Phi) is 6.11. The molecule has 4 rings (SSSR count). The van der Waals surface area contributed by atoms with Crippen LogP contribution in [0, 0.1) is 6.92 Å². The van der Waals surface area contributed by atoms with Crippen LogP contribution in [-0.2, 0) is 0 Å². The molecule has 2 aromatic carbocycles. The molecule has 0 unspecified atom stereocenters. The van der Waals surface area contributed by atoms with Gasteiger partial charge in [-0.25, -0.2) is 4.98 Å². The summed E-state index contributed by atoms with van der Waals surface area (Å²) in [6.07, 6.45) is 0. The lowest BCUT2D eigenvalue weighted by Gasteiger charge is -2.34. The molecule has 0 aliphatic carbocycles. The Morgan fingerprint density at radius 2 is 1.68 bits per heavy atom. The summed E-state index contributed by atoms with van der Waals surface area (Å²) in [5.41, 5.74) is 2.45. The number of amides is 1. The van der Waals surface area contributed by atoms with Gasteiger partial charge < -0.3 is 24.0 Å². The van der Waals surface area contributed by atoms with Gasteiger partial charge in [0.1, 0.15) is 0 Å². The monoisotopic (exact) mass is 461 g/mol. The predicted octanol–water partition coefficient (Wildman–Crippen LogP) is 4.25. The SMILES string of the molecule is COc1cc(C(=O)N2CCN(c3nc4c(C)c(Cl)ccc4s3)CC2)cc(OC)c1OC. The minimum atomic E-state index is -0.0640. The standard InChI is InChI=1S/C22H24ClN3O4S/c1-13-15(23)5-6-18-19(13)24-22(31-18)26-9-7-25(8-10-26)21(27)14-11-16(28-2)20(30-4)17(12-14)29-3/h5-6,11-12H,7-10H2,1-4H3. The number of methoxy groups -OCH3 is 3. The number of ether oxygens (including phenoxy) is 3. The number of carbonyl (C=O) groups excluding carboxylic acids is 1. The van der Waals surface area contributed by atoms with Gasteiger partial charge in [0.15, 0.2) is 16.6 Å². The van der Waals surface area contributed by atoms with Gasteiger partial charge in [0.25, 0.3) is 5.91 Å². The number of anilines is 1. The Labute approximate surface area is 190 Å². The fourth-order valence-corrected chi connectivity index (χ4v) is 4.94. The largest absolute Gasteiger partial charge is 0.493 e. The lowest BCUT2D eigenvalue weighted by atomic mass is 10.1. The first-order valence-corrected chi connectivity index (χ1v) is 11.1. The zero-order valence-corrected chi connectivity index (χ0v) is 19.5. The summed E-state index contributed by atoms with van der Waals surface area (Å²) in [5.74, 6) is 1.34. The molecule has 3 aromatic rings. The zero-order chi connectivity index (χ0) is 22.1. The highest BCUT2D eigenvalue weighted by atomic mass is 35.5. The van der Waals surface area contributed by atoms with Gasteiger partial charge in [-0.3, -0.25) is 4.79 Å². The van der Waals surface area contributed by atoms with E-state index < -0.39 is 0 Å². The maximum Gasteiger partial charge on any atom is 0.254 e. The molecule has 0 bridgehead atoms. The maximum absolute atomic E-state index is 13.1. The van der Waals surface area contributed by atoms with Crippen LogP contribution in [0.25, 0.3) is 10.2 Å². The number of hydrogen-bond acceptors (Lipinski definition) is 7. The average Bonchev–Trinajstić information content (AvgIpc) is 3.25. The van der Waals surface area contributed by atoms with E-state index in [2.05, 4.69) is 4.90 Å². The highest BCUT2D eigenvalue weighted by Gasteiger charge is 2.26. The van der Waals surface area contributed by atoms with E-state index in [1.807, 2.05) is 24.0 Å². The van der Waals surface area contributed by atoms with Crippen LogP contribution in [0.2, 0.25) is 5.02 Å². The number of aryl methyl sites for hydroxylation is 1. The van der Waals surface area contributed by atoms with E-state index in [9.17, 15) is 4.79 Å². The fraction of sp³-hybridized carbons (Fsp3) is 0.364. The summed E-state index contributed by atoms with van der Waals surface area (Å²) in [6, 6.07) is 7.30. The van der Waals surface area contributed by atoms with Crippen molar-refractivity contribution in [2.24, 2.45) is 0 Å². The summed E-state index contributed by atoms with van der Waals surface area (Å²) < 4.78 is 17.2. The molecule has 0 saturated carbocycles. The number of fused-ring (bicyclic) bond motifs is 1. The van der Waals surface area contributed by atoms with Crippen molar-refractivity contribution in [2.75, 3.05) is 52.4 Å². The Morgan fingerprint density at radius 1 is 1.03 bits per heavy atom. The van der Waals surface area contributed by atoms with E-state index in [0.29, 0.717) is 49.0 Å². The third-order valence-electron chi connectivity index (χ3n) is 5.49. The van der Waals surface area contributed by atoms with Gasteiger partial charge in [0.05, 0.1) is 31.5 Å². The molecule has 7 nitrogen and oxygen atoms in total. The molecule has 2 heterocycles. The van der Waals surface area contributed by atoms with Crippen LogP contribution in [0.5, 0.6) is 17.2 Å². The Hall–Kier alpha value is -2.71. The summed E-state index contributed by atoms with van der Waals surface area (Å²) >= 11 is 7.89. The van der Waals surface area contributed by atoms with Crippen LogP contribution in [0.3, 0.4) is 0 Å². The molecule has 1 amide bonds. The number of rotatable bonds is 5. The molecule has 1 aliphatic heterocycles. The summed E-state index contributed by atoms with van der Waals surface area (Å²) in [6.45, 7) is 4.62. The second-order valence-corrected chi connectivity index (χ2v) is 8.63. The molecule has 0 atom stereocenters. The predicted molar refractivity (Wildman–Crippen MR) is 124 cm³/mol. The van der Waals surface area contributed by atoms with Gasteiger partial charge >= 0.3 is 0 Å². The van der Waals surface area contributed by atoms with E-state index in [0.717, 1.165) is 25.9 Å². The number of aromatic nitrogens is 1. The second-order valence-electron chi connectivity index (χ2n) is 7.21. The summed E-state index contributed by atoms with van der Waals surface area (Å²) in [5, 5.41) is 1.69. The zero-order valence-electron chi connectivity index (χ0n) is 17.9. The molecule has 1 aromatic heterocycles. The first-order chi connectivity index (χ1) is 15.0. The highest BCUT2D eigenvalue weighted by Crippen LogP contribution is 2.39. The van der Waals surface area contributed by atoms with Crippen molar-refractivity contribution >= 4 is 44.2 Å². The highest BCUT2D eigenvalue weighted by molar-refractivity contribution is 7.22. The fourth-order valence-electron chi connectivity index (χ4n) is 3.71. The summed E-state index contributed by atoms with van der Waals surface area (Å²) in [4.78, 5) is 22.0. The maximum atomic E-state index is 13.1. The van der Waals surface area contributed by atoms with Gasteiger partial charge in [0.2, 0.25) is 5.75 Å². The van der Waals surface area contributed by atoms with E-state index >= 15 is 0 Å². The van der Waals surface area contributed by atoms with Crippen molar-refractivity contribution in [1.29, 1.82) is 0 Å². The molecule has 0 N–H and O–H groups in total. The van der Waals surface area contributed by atoms with Crippen molar-refractivity contribution in [2.45, 2.75) is 6.92 Å². The Morgan fingerprint density at radius 3 is 2.26 bits per heavy atom. The number of halogens is 1. The van der Waals surface area contributed by atoms with Gasteiger partial charge in [-0.2, -0.15) is 0 Å². The van der Waals surface area contributed by atoms with Crippen LogP contribution in [0.4, 0.5) is 5.13 Å². The van der Waals surface area contributed by atoms with Crippen molar-refractivity contribution in [3.05, 3.63) is 40.4 Å². The number of thiazole rings is 1. The molecular weight excluding hydrogens is 438 g/mol. The van der Waals surface area contributed by atoms with Gasteiger partial charge in [0, 0.05) is 36.8 Å². The van der Waals surface area contributed by atoms with Crippen molar-refractivity contribution < 1.29 is 19.0 Å². The molecule has 1 saturated heterocycles. The molecule has 31 heavy (non-hydrogen) atoms. The average molecular weight is 462 g/mol. The minimum absolute atomic E-state index is 0.0640. The van der Waals surface area contributed by atoms with Crippen molar-refractivity contribution in [3.8, 4) is 17.2 Å². The van der Waals surface area contributed by atoms with E-state index in [1.54, 1.807) is 30.6 Å². The number of hydrogen-bond donors (Lipinski definition) is 0. The molecule has 1 aliphatic rings. The van der Waals surface area contributed by atoms with Crippen LogP contribution >= 0.6 is 22.9 Å². The Balaban J connectivity index is 1.50. The number of benzene rings is 2.